The number of nitrogens with zero attached hydrogens (tertiary/aromatic N) is 1. The number of carbonyl (C=O) groups is 1. The lowest BCUT2D eigenvalue weighted by Crippen LogP contribution is -2.38. The van der Waals surface area contributed by atoms with E-state index >= 15 is 0 Å². The van der Waals surface area contributed by atoms with E-state index in [1.807, 2.05) is 36.4 Å². The second kappa shape index (κ2) is 6.84. The Morgan fingerprint density at radius 3 is 2.84 bits per heavy atom. The Morgan fingerprint density at radius 1 is 1.28 bits per heavy atom. The largest absolute Gasteiger partial charge is 0.497 e. The number of benzene rings is 1. The van der Waals surface area contributed by atoms with Crippen LogP contribution in [0, 0.1) is 5.92 Å². The van der Waals surface area contributed by atoms with E-state index in [2.05, 4.69) is 10.3 Å². The number of ether oxygens (including phenoxy) is 2. The number of pyridine rings is 1. The third kappa shape index (κ3) is 3.24. The Morgan fingerprint density at radius 2 is 2.16 bits per heavy atom. The van der Waals surface area contributed by atoms with Gasteiger partial charge in [-0.1, -0.05) is 18.2 Å². The van der Waals surface area contributed by atoms with E-state index in [1.165, 1.54) is 0 Å². The fourth-order valence-corrected chi connectivity index (χ4v) is 3.89. The van der Waals surface area contributed by atoms with Crippen LogP contribution in [0.2, 0.25) is 0 Å². The lowest BCUT2D eigenvalue weighted by molar-refractivity contribution is -0.127. The van der Waals surface area contributed by atoms with Crippen LogP contribution in [-0.2, 0) is 9.53 Å². The number of hydrogen-bond acceptors (Lipinski definition) is 4. The summed E-state index contributed by atoms with van der Waals surface area (Å²) in [6.45, 7) is 0. The van der Waals surface area contributed by atoms with Crippen LogP contribution in [0.15, 0.2) is 48.8 Å². The Kier molecular flexibility index (Phi) is 4.40. The summed E-state index contributed by atoms with van der Waals surface area (Å²) in [4.78, 5) is 17.1. The molecule has 0 unspecified atom stereocenters. The molecule has 4 atom stereocenters. The second-order valence-corrected chi connectivity index (χ2v) is 6.72. The number of carbonyl (C=O) groups excluding carboxylic acids is 1. The van der Waals surface area contributed by atoms with Crippen molar-refractivity contribution in [3.8, 4) is 5.75 Å². The van der Waals surface area contributed by atoms with Crippen molar-refractivity contribution < 1.29 is 14.3 Å². The summed E-state index contributed by atoms with van der Waals surface area (Å²) in [5.41, 5.74) is 1.93. The third-order valence-corrected chi connectivity index (χ3v) is 5.17. The maximum atomic E-state index is 12.9. The molecule has 1 amide bonds. The molecule has 2 aromatic rings. The molecule has 1 N–H and O–H groups in total. The first-order valence-corrected chi connectivity index (χ1v) is 8.74. The molecule has 0 spiro atoms. The molecule has 2 bridgehead atoms. The van der Waals surface area contributed by atoms with Crippen LogP contribution in [0.5, 0.6) is 5.75 Å². The van der Waals surface area contributed by atoms with Crippen LogP contribution in [0.4, 0.5) is 0 Å². The van der Waals surface area contributed by atoms with Gasteiger partial charge in [-0.3, -0.25) is 9.78 Å². The summed E-state index contributed by atoms with van der Waals surface area (Å²) in [5, 5.41) is 3.21. The van der Waals surface area contributed by atoms with E-state index in [4.69, 9.17) is 9.47 Å². The highest BCUT2D eigenvalue weighted by molar-refractivity contribution is 5.80. The van der Waals surface area contributed by atoms with E-state index in [1.54, 1.807) is 19.5 Å². The molecule has 2 aliphatic heterocycles. The van der Waals surface area contributed by atoms with Crippen molar-refractivity contribution in [3.05, 3.63) is 59.9 Å². The van der Waals surface area contributed by atoms with Gasteiger partial charge in [-0.25, -0.2) is 0 Å². The van der Waals surface area contributed by atoms with Gasteiger partial charge < -0.3 is 14.8 Å². The SMILES string of the molecule is COc1cccc([C@@H](NC(=O)[C@H]2C[C@H]3CC[C@H]2O3)c2cccnc2)c1. The number of rotatable bonds is 5. The fourth-order valence-electron chi connectivity index (χ4n) is 3.89. The van der Waals surface area contributed by atoms with E-state index in [9.17, 15) is 4.79 Å². The molecule has 2 fully saturated rings. The van der Waals surface area contributed by atoms with Gasteiger partial charge in [0.15, 0.2) is 0 Å². The van der Waals surface area contributed by atoms with Gasteiger partial charge in [0, 0.05) is 12.4 Å². The lowest BCUT2D eigenvalue weighted by Gasteiger charge is -2.24. The molecule has 4 rings (SSSR count). The van der Waals surface area contributed by atoms with Crippen LogP contribution in [0.1, 0.15) is 36.4 Å². The summed E-state index contributed by atoms with van der Waals surface area (Å²) < 4.78 is 11.2. The molecule has 5 heteroatoms. The van der Waals surface area contributed by atoms with Gasteiger partial charge >= 0.3 is 0 Å². The molecule has 5 nitrogen and oxygen atoms in total. The lowest BCUT2D eigenvalue weighted by atomic mass is 9.88. The monoisotopic (exact) mass is 338 g/mol. The van der Waals surface area contributed by atoms with Crippen molar-refractivity contribution >= 4 is 5.91 Å². The normalized spacial score (nSPS) is 25.6. The highest BCUT2D eigenvalue weighted by Crippen LogP contribution is 2.39. The Balaban J connectivity index is 1.60. The summed E-state index contributed by atoms with van der Waals surface area (Å²) in [7, 11) is 1.64. The zero-order valence-corrected chi connectivity index (χ0v) is 14.2. The summed E-state index contributed by atoms with van der Waals surface area (Å²) >= 11 is 0. The average molecular weight is 338 g/mol. The van der Waals surface area contributed by atoms with Gasteiger partial charge in [0.1, 0.15) is 5.75 Å². The summed E-state index contributed by atoms with van der Waals surface area (Å²) in [5.74, 6) is 0.774. The molecule has 1 aromatic heterocycles. The second-order valence-electron chi connectivity index (χ2n) is 6.72. The number of nitrogens with one attached hydrogen (secondary N) is 1. The van der Waals surface area contributed by atoms with E-state index < -0.39 is 0 Å². The molecule has 2 saturated heterocycles. The van der Waals surface area contributed by atoms with Crippen molar-refractivity contribution in [1.82, 2.24) is 10.3 Å². The minimum atomic E-state index is -0.254. The maximum Gasteiger partial charge on any atom is 0.226 e. The quantitative estimate of drug-likeness (QED) is 0.911. The van der Waals surface area contributed by atoms with Gasteiger partial charge in [-0.15, -0.1) is 0 Å². The van der Waals surface area contributed by atoms with E-state index in [0.717, 1.165) is 36.1 Å². The minimum Gasteiger partial charge on any atom is -0.497 e. The van der Waals surface area contributed by atoms with Crippen LogP contribution >= 0.6 is 0 Å². The van der Waals surface area contributed by atoms with Gasteiger partial charge in [0.2, 0.25) is 5.91 Å². The molecule has 0 aliphatic carbocycles. The van der Waals surface area contributed by atoms with Crippen molar-refractivity contribution in [2.45, 2.75) is 37.5 Å². The molecule has 2 aliphatic rings. The first-order chi connectivity index (χ1) is 12.2. The van der Waals surface area contributed by atoms with Crippen LogP contribution in [-0.4, -0.2) is 30.2 Å². The van der Waals surface area contributed by atoms with Crippen molar-refractivity contribution in [2.75, 3.05) is 7.11 Å². The predicted molar refractivity (Wildman–Crippen MR) is 93.2 cm³/mol. The molecule has 25 heavy (non-hydrogen) atoms. The average Bonchev–Trinajstić information content (AvgIpc) is 3.30. The number of hydrogen-bond donors (Lipinski definition) is 1. The van der Waals surface area contributed by atoms with Crippen LogP contribution < -0.4 is 10.1 Å². The molecule has 1 aromatic carbocycles. The topological polar surface area (TPSA) is 60.5 Å². The smallest absolute Gasteiger partial charge is 0.226 e. The Hall–Kier alpha value is -2.40. The van der Waals surface area contributed by atoms with Crippen LogP contribution in [0.3, 0.4) is 0 Å². The summed E-state index contributed by atoms with van der Waals surface area (Å²) in [6, 6.07) is 11.4. The van der Waals surface area contributed by atoms with Gasteiger partial charge in [-0.2, -0.15) is 0 Å². The molecule has 0 radical (unpaired) electrons. The highest BCUT2D eigenvalue weighted by Gasteiger charge is 2.44. The van der Waals surface area contributed by atoms with Crippen molar-refractivity contribution in [2.24, 2.45) is 5.92 Å². The number of amides is 1. The maximum absolute atomic E-state index is 12.9. The molecular weight excluding hydrogens is 316 g/mol. The summed E-state index contributed by atoms with van der Waals surface area (Å²) in [6.07, 6.45) is 6.75. The minimum absolute atomic E-state index is 0.0523. The molecular formula is C20H22N2O3. The Bertz CT molecular complexity index is 750. The zero-order chi connectivity index (χ0) is 17.2. The van der Waals surface area contributed by atoms with E-state index in [-0.39, 0.29) is 30.1 Å². The highest BCUT2D eigenvalue weighted by atomic mass is 16.5. The third-order valence-electron chi connectivity index (χ3n) is 5.17. The first kappa shape index (κ1) is 16.1. The number of fused-ring (bicyclic) bond motifs is 2. The standard InChI is InChI=1S/C20H22N2O3/c1-24-15-6-2-4-13(10-15)19(14-5-3-9-21-12-14)22-20(23)17-11-16-7-8-18(17)25-16/h2-6,9-10,12,16-19H,7-8,11H2,1H3,(H,22,23)/t16-,17+,18-,19-/m1/s1. The first-order valence-electron chi connectivity index (χ1n) is 8.74. The molecule has 130 valence electrons. The van der Waals surface area contributed by atoms with Gasteiger partial charge in [0.25, 0.3) is 0 Å². The number of aromatic nitrogens is 1. The van der Waals surface area contributed by atoms with Gasteiger partial charge in [-0.05, 0) is 48.6 Å². The number of methoxy groups -OCH3 is 1. The van der Waals surface area contributed by atoms with Crippen LogP contribution in [0.25, 0.3) is 0 Å². The molecule has 0 saturated carbocycles. The zero-order valence-electron chi connectivity index (χ0n) is 14.2. The molecule has 3 heterocycles. The Labute approximate surface area is 147 Å². The predicted octanol–water partition coefficient (Wildman–Crippen LogP) is 2.86. The van der Waals surface area contributed by atoms with Crippen molar-refractivity contribution in [1.29, 1.82) is 0 Å². The van der Waals surface area contributed by atoms with Crippen molar-refractivity contribution in [3.63, 3.8) is 0 Å². The fraction of sp³-hybridized carbons (Fsp3) is 0.400. The van der Waals surface area contributed by atoms with Gasteiger partial charge in [0.05, 0.1) is 31.3 Å². The van der Waals surface area contributed by atoms with E-state index in [0.29, 0.717) is 0 Å².